The molecule has 0 saturated carbocycles. The Morgan fingerprint density at radius 3 is 1.92 bits per heavy atom. The molecule has 2 rings (SSSR count). The molecule has 49 heavy (non-hydrogen) atoms. The van der Waals surface area contributed by atoms with Crippen LogP contribution in [0.5, 0.6) is 0 Å². The number of nitrogens with zero attached hydrogens (tertiary/aromatic N) is 1. The van der Waals surface area contributed by atoms with Crippen LogP contribution in [0.15, 0.2) is 54.9 Å². The van der Waals surface area contributed by atoms with E-state index in [1.807, 2.05) is 54.5 Å². The third kappa shape index (κ3) is 13.1. The van der Waals surface area contributed by atoms with Gasteiger partial charge in [0.15, 0.2) is 0 Å². The molecule has 0 radical (unpaired) electrons. The summed E-state index contributed by atoms with van der Waals surface area (Å²) in [5, 5.41) is 27.0. The summed E-state index contributed by atoms with van der Waals surface area (Å²) in [6, 6.07) is 7.98. The highest BCUT2D eigenvalue weighted by atomic mass is 16.5. The summed E-state index contributed by atoms with van der Waals surface area (Å²) in [4.78, 5) is 66.3. The van der Waals surface area contributed by atoms with E-state index in [-0.39, 0.29) is 41.7 Å². The van der Waals surface area contributed by atoms with Gasteiger partial charge in [-0.05, 0) is 43.6 Å². The minimum atomic E-state index is -1.07. The van der Waals surface area contributed by atoms with Crippen LogP contribution in [0.2, 0.25) is 0 Å². The molecule has 0 bridgehead atoms. The Morgan fingerprint density at radius 2 is 1.37 bits per heavy atom. The third-order valence-corrected chi connectivity index (χ3v) is 8.30. The monoisotopic (exact) mass is 682 g/mol. The van der Waals surface area contributed by atoms with Crippen LogP contribution < -0.4 is 36.6 Å². The SMILES string of the molecule is CCNC(=O)C(NC(=O)[C@H](C)NCC(CC(C)C)NC(=O)[C@@H](NC(=O)C(NC(=O)c1cc[n+](O)cc1)[C@@H](C)CC)c1ccccc1)C(C)C. The molecule has 0 aliphatic rings. The molecule has 5 amide bonds. The first-order chi connectivity index (χ1) is 23.2. The molecule has 6 atom stereocenters. The highest BCUT2D eigenvalue weighted by molar-refractivity contribution is 5.98. The van der Waals surface area contributed by atoms with Crippen LogP contribution in [0, 0.1) is 17.8 Å². The van der Waals surface area contributed by atoms with Crippen molar-refractivity contribution in [2.75, 3.05) is 13.1 Å². The van der Waals surface area contributed by atoms with E-state index in [0.29, 0.717) is 24.9 Å². The van der Waals surface area contributed by atoms with E-state index < -0.39 is 47.9 Å². The lowest BCUT2D eigenvalue weighted by Gasteiger charge is -2.29. The second-order valence-electron chi connectivity index (χ2n) is 13.2. The molecule has 2 aromatic rings. The maximum absolute atomic E-state index is 14.0. The van der Waals surface area contributed by atoms with E-state index >= 15 is 0 Å². The molecule has 0 aliphatic carbocycles. The zero-order valence-corrected chi connectivity index (χ0v) is 30.1. The summed E-state index contributed by atoms with van der Waals surface area (Å²) >= 11 is 0. The standard InChI is InChI=1S/C36H55N7O6/c1-9-24(7)30(41-33(45)27-16-18-43(49)19-17-27)35(47)42-31(26-14-12-11-13-15-26)36(48)39-28(20-22(3)4)21-38-25(8)32(44)40-29(23(5)6)34(46)37-10-2/h11-19,22-25,28-31,38H,9-10,20-21H2,1-8H3,(H5-,37,39,40,41,42,44,45,46,47,48,49)/p+1/t24-,25-,28?,29?,30?,31-/m0/s1. The number of aromatic nitrogens is 1. The van der Waals surface area contributed by atoms with Crippen molar-refractivity contribution in [2.45, 2.75) is 98.4 Å². The number of carbonyl (C=O) groups excluding carboxylic acids is 5. The minimum Gasteiger partial charge on any atom is -0.355 e. The number of nitrogens with one attached hydrogen (secondary N) is 6. The molecular formula is C36H56N7O6+. The Morgan fingerprint density at radius 1 is 0.735 bits per heavy atom. The lowest BCUT2D eigenvalue weighted by atomic mass is 9.96. The normalized spacial score (nSPS) is 14.9. The quantitative estimate of drug-likeness (QED) is 0.0874. The van der Waals surface area contributed by atoms with Gasteiger partial charge in [0, 0.05) is 36.0 Å². The molecular weight excluding hydrogens is 626 g/mol. The molecule has 3 unspecified atom stereocenters. The van der Waals surface area contributed by atoms with Crippen molar-refractivity contribution in [3.8, 4) is 0 Å². The first-order valence-electron chi connectivity index (χ1n) is 17.2. The molecule has 1 aromatic carbocycles. The van der Waals surface area contributed by atoms with Gasteiger partial charge in [-0.3, -0.25) is 29.2 Å². The molecule has 0 saturated heterocycles. The fourth-order valence-corrected chi connectivity index (χ4v) is 5.23. The number of hydrogen-bond acceptors (Lipinski definition) is 7. The van der Waals surface area contributed by atoms with E-state index in [2.05, 4.69) is 31.9 Å². The van der Waals surface area contributed by atoms with Crippen LogP contribution in [0.1, 0.15) is 90.2 Å². The van der Waals surface area contributed by atoms with Gasteiger partial charge in [-0.2, -0.15) is 0 Å². The summed E-state index contributed by atoms with van der Waals surface area (Å²) < 4.78 is 0.812. The number of likely N-dealkylation sites (N-methyl/N-ethyl adjacent to an activating group) is 1. The van der Waals surface area contributed by atoms with Gasteiger partial charge in [0.05, 0.1) is 11.6 Å². The van der Waals surface area contributed by atoms with Crippen molar-refractivity contribution >= 4 is 29.5 Å². The van der Waals surface area contributed by atoms with Gasteiger partial charge in [-0.1, -0.05) is 78.3 Å². The van der Waals surface area contributed by atoms with Gasteiger partial charge >= 0.3 is 0 Å². The molecule has 13 heteroatoms. The number of benzene rings is 1. The summed E-state index contributed by atoms with van der Waals surface area (Å²) in [6.45, 7) is 15.8. The van der Waals surface area contributed by atoms with Crippen molar-refractivity contribution in [2.24, 2.45) is 17.8 Å². The number of rotatable bonds is 19. The maximum Gasteiger partial charge on any atom is 0.252 e. The topological polar surface area (TPSA) is 182 Å². The average molecular weight is 683 g/mol. The summed E-state index contributed by atoms with van der Waals surface area (Å²) in [5.41, 5.74) is 0.826. The van der Waals surface area contributed by atoms with Crippen molar-refractivity contribution in [3.63, 3.8) is 0 Å². The minimum absolute atomic E-state index is 0.110. The van der Waals surface area contributed by atoms with Gasteiger partial charge in [-0.25, -0.2) is 0 Å². The van der Waals surface area contributed by atoms with Crippen molar-refractivity contribution < 1.29 is 33.9 Å². The summed E-state index contributed by atoms with van der Waals surface area (Å²) in [5.74, 6) is -2.20. The zero-order valence-electron chi connectivity index (χ0n) is 30.1. The Kier molecular flexibility index (Phi) is 16.7. The maximum atomic E-state index is 14.0. The van der Waals surface area contributed by atoms with E-state index in [1.165, 1.54) is 24.5 Å². The number of amides is 5. The Bertz CT molecular complexity index is 1370. The molecule has 13 nitrogen and oxygen atoms in total. The highest BCUT2D eigenvalue weighted by Gasteiger charge is 2.32. The van der Waals surface area contributed by atoms with Crippen LogP contribution in [0.3, 0.4) is 0 Å². The van der Waals surface area contributed by atoms with Gasteiger partial charge < -0.3 is 31.9 Å². The van der Waals surface area contributed by atoms with Crippen molar-refractivity contribution in [1.29, 1.82) is 0 Å². The molecule has 1 heterocycles. The first-order valence-corrected chi connectivity index (χ1v) is 17.2. The third-order valence-electron chi connectivity index (χ3n) is 8.30. The summed E-state index contributed by atoms with van der Waals surface area (Å²) in [6.07, 6.45) is 3.80. The van der Waals surface area contributed by atoms with Crippen LogP contribution in [0.4, 0.5) is 0 Å². The van der Waals surface area contributed by atoms with Crippen molar-refractivity contribution in [3.05, 3.63) is 66.0 Å². The van der Waals surface area contributed by atoms with Crippen LogP contribution >= 0.6 is 0 Å². The fourth-order valence-electron chi connectivity index (χ4n) is 5.23. The Labute approximate surface area is 290 Å². The fraction of sp³-hybridized carbons (Fsp3) is 0.556. The van der Waals surface area contributed by atoms with Gasteiger partial charge in [0.2, 0.25) is 36.0 Å². The van der Waals surface area contributed by atoms with Crippen LogP contribution in [-0.2, 0) is 19.2 Å². The second kappa shape index (κ2) is 20.1. The van der Waals surface area contributed by atoms with E-state index in [4.69, 9.17) is 0 Å². The lowest BCUT2D eigenvalue weighted by Crippen LogP contribution is -2.56. The molecule has 270 valence electrons. The van der Waals surface area contributed by atoms with Gasteiger partial charge in [0.1, 0.15) is 18.1 Å². The second-order valence-corrected chi connectivity index (χ2v) is 13.2. The van der Waals surface area contributed by atoms with E-state index in [9.17, 15) is 29.2 Å². The smallest absolute Gasteiger partial charge is 0.252 e. The van der Waals surface area contributed by atoms with Crippen molar-refractivity contribution in [1.82, 2.24) is 31.9 Å². The van der Waals surface area contributed by atoms with Crippen LogP contribution in [-0.4, -0.2) is 72.0 Å². The lowest BCUT2D eigenvalue weighted by molar-refractivity contribution is -0.904. The molecule has 0 fully saturated rings. The predicted molar refractivity (Wildman–Crippen MR) is 186 cm³/mol. The predicted octanol–water partition coefficient (Wildman–Crippen LogP) is 2.00. The largest absolute Gasteiger partial charge is 0.355 e. The van der Waals surface area contributed by atoms with Gasteiger partial charge in [-0.15, -0.1) is 0 Å². The van der Waals surface area contributed by atoms with E-state index in [0.717, 1.165) is 4.73 Å². The zero-order chi connectivity index (χ0) is 36.7. The first kappa shape index (κ1) is 40.7. The van der Waals surface area contributed by atoms with E-state index in [1.54, 1.807) is 31.2 Å². The average Bonchev–Trinajstić information content (AvgIpc) is 3.06. The Hall–Kier alpha value is -4.52. The number of carbonyl (C=O) groups is 5. The molecule has 1 aromatic heterocycles. The summed E-state index contributed by atoms with van der Waals surface area (Å²) in [7, 11) is 0. The molecule has 0 spiro atoms. The number of pyridine rings is 1. The Balaban J connectivity index is 2.23. The van der Waals surface area contributed by atoms with Crippen LogP contribution in [0.25, 0.3) is 0 Å². The number of hydrogen-bond donors (Lipinski definition) is 7. The molecule has 0 aliphatic heterocycles. The van der Waals surface area contributed by atoms with Gasteiger partial charge in [0.25, 0.3) is 5.91 Å². The molecule has 7 N–H and O–H groups in total. The highest BCUT2D eigenvalue weighted by Crippen LogP contribution is 2.17.